The largest absolute Gasteiger partial charge is 0.300 e. The van der Waals surface area contributed by atoms with Crippen molar-refractivity contribution in [1.82, 2.24) is 15.2 Å². The number of thioether (sulfide) groups is 2. The molecule has 0 aliphatic carbocycles. The fourth-order valence-electron chi connectivity index (χ4n) is 1.15. The molecule has 0 saturated heterocycles. The topological polar surface area (TPSA) is 67.8 Å². The molecule has 0 aliphatic rings. The number of nitrogens with zero attached hydrogens (tertiary/aromatic N) is 3. The van der Waals surface area contributed by atoms with E-state index in [-0.39, 0.29) is 11.7 Å². The predicted octanol–water partition coefficient (Wildman–Crippen LogP) is 2.39. The molecule has 20 heavy (non-hydrogen) atoms. The number of nitrogens with one attached hydrogen (secondary N) is 1. The van der Waals surface area contributed by atoms with E-state index in [1.165, 1.54) is 34.9 Å². The quantitative estimate of drug-likeness (QED) is 0.500. The minimum Gasteiger partial charge on any atom is -0.300 e. The lowest BCUT2D eigenvalue weighted by Crippen LogP contribution is -2.13. The third kappa shape index (κ3) is 4.85. The van der Waals surface area contributed by atoms with Gasteiger partial charge in [0.15, 0.2) is 4.34 Å². The SMILES string of the molecule is C#CCSc1nnc(NC(=O)CSc2ccccn2)s1. The van der Waals surface area contributed by atoms with E-state index >= 15 is 0 Å². The Balaban J connectivity index is 1.79. The van der Waals surface area contributed by atoms with Crippen molar-refractivity contribution in [1.29, 1.82) is 0 Å². The Labute approximate surface area is 129 Å². The Kier molecular flexibility index (Phi) is 5.86. The van der Waals surface area contributed by atoms with Gasteiger partial charge >= 0.3 is 0 Å². The molecule has 0 atom stereocenters. The van der Waals surface area contributed by atoms with Crippen LogP contribution in [0.3, 0.4) is 0 Å². The van der Waals surface area contributed by atoms with Gasteiger partial charge in [0.05, 0.1) is 16.5 Å². The van der Waals surface area contributed by atoms with Crippen molar-refractivity contribution in [3.05, 3.63) is 24.4 Å². The van der Waals surface area contributed by atoms with Crippen molar-refractivity contribution in [3.63, 3.8) is 0 Å². The summed E-state index contributed by atoms with van der Waals surface area (Å²) in [5.41, 5.74) is 0. The van der Waals surface area contributed by atoms with Crippen LogP contribution in [-0.2, 0) is 4.79 Å². The lowest BCUT2D eigenvalue weighted by Gasteiger charge is -2.00. The minimum atomic E-state index is -0.134. The lowest BCUT2D eigenvalue weighted by molar-refractivity contribution is -0.113. The predicted molar refractivity (Wildman–Crippen MR) is 83.1 cm³/mol. The molecule has 5 nitrogen and oxygen atoms in total. The second-order valence-electron chi connectivity index (χ2n) is 3.37. The summed E-state index contributed by atoms with van der Waals surface area (Å²) in [5, 5.41) is 11.8. The normalized spacial score (nSPS) is 9.95. The van der Waals surface area contributed by atoms with Gasteiger partial charge in [0.25, 0.3) is 0 Å². The van der Waals surface area contributed by atoms with E-state index in [1.54, 1.807) is 6.20 Å². The number of anilines is 1. The Morgan fingerprint density at radius 2 is 2.30 bits per heavy atom. The van der Waals surface area contributed by atoms with E-state index in [0.717, 1.165) is 9.37 Å². The molecule has 0 aromatic carbocycles. The highest BCUT2D eigenvalue weighted by molar-refractivity contribution is 8.01. The van der Waals surface area contributed by atoms with Crippen LogP contribution in [-0.4, -0.2) is 32.6 Å². The van der Waals surface area contributed by atoms with Gasteiger partial charge in [0, 0.05) is 6.20 Å². The highest BCUT2D eigenvalue weighted by Crippen LogP contribution is 2.25. The average molecular weight is 322 g/mol. The van der Waals surface area contributed by atoms with Crippen LogP contribution >= 0.6 is 34.9 Å². The molecule has 0 radical (unpaired) electrons. The van der Waals surface area contributed by atoms with Gasteiger partial charge in [-0.3, -0.25) is 10.1 Å². The molecule has 0 aliphatic heterocycles. The summed E-state index contributed by atoms with van der Waals surface area (Å²) in [6, 6.07) is 5.57. The number of hydrogen-bond acceptors (Lipinski definition) is 7. The van der Waals surface area contributed by atoms with Crippen LogP contribution in [0.1, 0.15) is 0 Å². The Hall–Kier alpha value is -1.56. The molecule has 0 saturated carbocycles. The van der Waals surface area contributed by atoms with E-state index in [9.17, 15) is 4.79 Å². The molecule has 1 amide bonds. The molecule has 0 unspecified atom stereocenters. The Bertz CT molecular complexity index is 609. The Morgan fingerprint density at radius 3 is 3.05 bits per heavy atom. The molecule has 1 N–H and O–H groups in total. The van der Waals surface area contributed by atoms with Gasteiger partial charge in [-0.05, 0) is 12.1 Å². The van der Waals surface area contributed by atoms with Gasteiger partial charge in [-0.2, -0.15) is 0 Å². The maximum Gasteiger partial charge on any atom is 0.236 e. The standard InChI is InChI=1S/C12H10N4OS3/c1-2-7-18-12-16-15-11(20-12)14-9(17)8-19-10-5-3-4-6-13-10/h1,3-6H,7-8H2,(H,14,15,17). The van der Waals surface area contributed by atoms with Crippen LogP contribution in [0.5, 0.6) is 0 Å². The van der Waals surface area contributed by atoms with Crippen LogP contribution in [0.2, 0.25) is 0 Å². The smallest absolute Gasteiger partial charge is 0.236 e. The summed E-state index contributed by atoms with van der Waals surface area (Å²) in [6.45, 7) is 0. The summed E-state index contributed by atoms with van der Waals surface area (Å²) >= 11 is 4.10. The second kappa shape index (κ2) is 7.89. The zero-order valence-corrected chi connectivity index (χ0v) is 12.7. The number of aromatic nitrogens is 3. The minimum absolute atomic E-state index is 0.134. The van der Waals surface area contributed by atoms with E-state index in [4.69, 9.17) is 6.42 Å². The number of pyridine rings is 1. The number of carbonyl (C=O) groups is 1. The third-order valence-electron chi connectivity index (χ3n) is 1.92. The van der Waals surface area contributed by atoms with Crippen molar-refractivity contribution in [2.45, 2.75) is 9.37 Å². The van der Waals surface area contributed by atoms with Gasteiger partial charge in [0.2, 0.25) is 11.0 Å². The van der Waals surface area contributed by atoms with Gasteiger partial charge in [0.1, 0.15) is 0 Å². The maximum absolute atomic E-state index is 11.7. The number of amides is 1. The van der Waals surface area contributed by atoms with Crippen molar-refractivity contribution in [2.24, 2.45) is 0 Å². The van der Waals surface area contributed by atoms with Crippen molar-refractivity contribution in [2.75, 3.05) is 16.8 Å². The fourth-order valence-corrected chi connectivity index (χ4v) is 3.26. The molecule has 2 rings (SSSR count). The number of rotatable bonds is 6. The lowest BCUT2D eigenvalue weighted by atomic mass is 10.5. The highest BCUT2D eigenvalue weighted by atomic mass is 32.2. The van der Waals surface area contributed by atoms with E-state index in [0.29, 0.717) is 10.9 Å². The first-order valence-corrected chi connectivity index (χ1v) is 8.30. The van der Waals surface area contributed by atoms with Crippen LogP contribution in [0, 0.1) is 12.3 Å². The molecule has 102 valence electrons. The summed E-state index contributed by atoms with van der Waals surface area (Å²) in [7, 11) is 0. The molecule has 0 spiro atoms. The molecule has 8 heteroatoms. The van der Waals surface area contributed by atoms with Crippen LogP contribution in [0.15, 0.2) is 33.8 Å². The summed E-state index contributed by atoms with van der Waals surface area (Å²) in [5.74, 6) is 3.20. The first-order valence-electron chi connectivity index (χ1n) is 5.51. The molecule has 2 aromatic rings. The summed E-state index contributed by atoms with van der Waals surface area (Å²) in [4.78, 5) is 15.9. The number of terminal acetylenes is 1. The third-order valence-corrected chi connectivity index (χ3v) is 4.74. The molecule has 0 bridgehead atoms. The summed E-state index contributed by atoms with van der Waals surface area (Å²) < 4.78 is 0.746. The zero-order chi connectivity index (χ0) is 14.2. The fraction of sp³-hybridized carbons (Fsp3) is 0.167. The molecular weight excluding hydrogens is 312 g/mol. The molecule has 2 aromatic heterocycles. The van der Waals surface area contributed by atoms with Gasteiger partial charge < -0.3 is 0 Å². The van der Waals surface area contributed by atoms with Crippen LogP contribution < -0.4 is 5.32 Å². The molecule has 0 fully saturated rings. The van der Waals surface area contributed by atoms with E-state index in [2.05, 4.69) is 26.4 Å². The van der Waals surface area contributed by atoms with Crippen molar-refractivity contribution >= 4 is 45.9 Å². The van der Waals surface area contributed by atoms with Gasteiger partial charge in [-0.25, -0.2) is 4.98 Å². The Morgan fingerprint density at radius 1 is 1.40 bits per heavy atom. The van der Waals surface area contributed by atoms with Gasteiger partial charge in [-0.15, -0.1) is 16.6 Å². The second-order valence-corrected chi connectivity index (χ2v) is 6.57. The highest BCUT2D eigenvalue weighted by Gasteiger charge is 2.09. The number of hydrogen-bond donors (Lipinski definition) is 1. The van der Waals surface area contributed by atoms with Crippen molar-refractivity contribution < 1.29 is 4.79 Å². The molecule has 2 heterocycles. The monoisotopic (exact) mass is 322 g/mol. The first kappa shape index (κ1) is 14.8. The van der Waals surface area contributed by atoms with Crippen LogP contribution in [0.25, 0.3) is 0 Å². The number of carbonyl (C=O) groups excluding carboxylic acids is 1. The average Bonchev–Trinajstić information content (AvgIpc) is 2.91. The van der Waals surface area contributed by atoms with Crippen LogP contribution in [0.4, 0.5) is 5.13 Å². The van der Waals surface area contributed by atoms with Crippen molar-refractivity contribution in [3.8, 4) is 12.3 Å². The maximum atomic E-state index is 11.7. The zero-order valence-electron chi connectivity index (χ0n) is 10.3. The first-order chi connectivity index (χ1) is 9.78. The van der Waals surface area contributed by atoms with Gasteiger partial charge in [-0.1, -0.05) is 46.8 Å². The van der Waals surface area contributed by atoms with E-state index < -0.39 is 0 Å². The van der Waals surface area contributed by atoms with E-state index in [1.807, 2.05) is 18.2 Å². The summed E-state index contributed by atoms with van der Waals surface area (Å²) in [6.07, 6.45) is 6.86. The molecular formula is C12H10N4OS3.